The van der Waals surface area contributed by atoms with Gasteiger partial charge in [-0.2, -0.15) is 0 Å². The first kappa shape index (κ1) is 23.7. The molecule has 8 heteroatoms. The van der Waals surface area contributed by atoms with E-state index in [9.17, 15) is 4.39 Å². The van der Waals surface area contributed by atoms with Gasteiger partial charge >= 0.3 is 0 Å². The lowest BCUT2D eigenvalue weighted by Crippen LogP contribution is -2.45. The number of rotatable bonds is 6. The predicted octanol–water partition coefficient (Wildman–Crippen LogP) is 4.31. The van der Waals surface area contributed by atoms with Gasteiger partial charge in [0.15, 0.2) is 5.96 Å². The third-order valence-electron chi connectivity index (χ3n) is 5.92. The summed E-state index contributed by atoms with van der Waals surface area (Å²) in [5.74, 6) is 1.55. The number of benzene rings is 1. The number of likely N-dealkylation sites (tertiary alicyclic amines) is 1. The molecule has 0 spiro atoms. The van der Waals surface area contributed by atoms with Gasteiger partial charge in [-0.15, -0.1) is 24.0 Å². The highest BCUT2D eigenvalue weighted by Crippen LogP contribution is 2.26. The molecule has 1 saturated carbocycles. The number of aromatic nitrogens is 1. The van der Waals surface area contributed by atoms with Gasteiger partial charge in [-0.3, -0.25) is 9.89 Å². The van der Waals surface area contributed by atoms with Crippen LogP contribution in [0.4, 0.5) is 4.39 Å². The molecule has 1 aromatic heterocycles. The van der Waals surface area contributed by atoms with E-state index < -0.39 is 0 Å². The largest absolute Gasteiger partial charge is 0.439 e. The Hall–Kier alpha value is -1.94. The van der Waals surface area contributed by atoms with E-state index in [4.69, 9.17) is 4.74 Å². The molecule has 0 bridgehead atoms. The van der Waals surface area contributed by atoms with Gasteiger partial charge in [-0.05, 0) is 55.2 Å². The van der Waals surface area contributed by atoms with E-state index >= 15 is 0 Å². The molecule has 2 N–H and O–H groups in total. The summed E-state index contributed by atoms with van der Waals surface area (Å²) in [5.41, 5.74) is 1.03. The van der Waals surface area contributed by atoms with Crippen LogP contribution in [0.3, 0.4) is 0 Å². The molecular formula is C23H31FIN5O. The van der Waals surface area contributed by atoms with Crippen LogP contribution >= 0.6 is 24.0 Å². The summed E-state index contributed by atoms with van der Waals surface area (Å²) in [6.45, 7) is 2.88. The summed E-state index contributed by atoms with van der Waals surface area (Å²) >= 11 is 0. The normalized spacial score (nSPS) is 19.8. The van der Waals surface area contributed by atoms with Crippen molar-refractivity contribution in [2.75, 3.05) is 20.1 Å². The number of guanidine groups is 1. The first-order chi connectivity index (χ1) is 14.7. The molecule has 1 aliphatic carbocycles. The van der Waals surface area contributed by atoms with Gasteiger partial charge in [0.25, 0.3) is 0 Å². The molecule has 31 heavy (non-hydrogen) atoms. The summed E-state index contributed by atoms with van der Waals surface area (Å²) in [4.78, 5) is 11.3. The van der Waals surface area contributed by atoms with Crippen LogP contribution in [0.25, 0.3) is 0 Å². The van der Waals surface area contributed by atoms with Gasteiger partial charge in [-0.25, -0.2) is 9.37 Å². The van der Waals surface area contributed by atoms with Gasteiger partial charge in [0.05, 0.1) is 0 Å². The first-order valence-electron chi connectivity index (χ1n) is 10.8. The fourth-order valence-electron chi connectivity index (χ4n) is 4.32. The summed E-state index contributed by atoms with van der Waals surface area (Å²) in [6.07, 6.45) is 8.32. The van der Waals surface area contributed by atoms with Crippen molar-refractivity contribution in [1.29, 1.82) is 0 Å². The number of nitrogens with zero attached hydrogens (tertiary/aromatic N) is 3. The molecule has 0 radical (unpaired) electrons. The van der Waals surface area contributed by atoms with E-state index in [0.29, 0.717) is 24.2 Å². The van der Waals surface area contributed by atoms with Gasteiger partial charge in [0, 0.05) is 51.0 Å². The van der Waals surface area contributed by atoms with E-state index in [0.717, 1.165) is 30.5 Å². The van der Waals surface area contributed by atoms with Gasteiger partial charge in [-0.1, -0.05) is 12.8 Å². The number of halogens is 2. The Balaban J connectivity index is 0.00000272. The van der Waals surface area contributed by atoms with Crippen LogP contribution < -0.4 is 15.4 Å². The molecule has 1 atom stereocenters. The molecule has 4 rings (SSSR count). The number of aliphatic imine (C=N–C) groups is 1. The molecule has 1 saturated heterocycles. The fraction of sp³-hybridized carbons (Fsp3) is 0.478. The van der Waals surface area contributed by atoms with E-state index in [1.54, 1.807) is 25.4 Å². The maximum Gasteiger partial charge on any atom is 0.219 e. The Bertz CT molecular complexity index is 857. The molecule has 1 aliphatic heterocycles. The molecule has 1 unspecified atom stereocenters. The predicted molar refractivity (Wildman–Crippen MR) is 132 cm³/mol. The van der Waals surface area contributed by atoms with Crippen molar-refractivity contribution in [3.63, 3.8) is 0 Å². The van der Waals surface area contributed by atoms with Gasteiger partial charge in [0.2, 0.25) is 5.88 Å². The quantitative estimate of drug-likeness (QED) is 0.326. The molecular weight excluding hydrogens is 508 g/mol. The fourth-order valence-corrected chi connectivity index (χ4v) is 4.32. The van der Waals surface area contributed by atoms with Crippen molar-refractivity contribution in [1.82, 2.24) is 20.5 Å². The monoisotopic (exact) mass is 539 g/mol. The highest BCUT2D eigenvalue weighted by molar-refractivity contribution is 14.0. The molecule has 2 fully saturated rings. The van der Waals surface area contributed by atoms with E-state index in [1.807, 2.05) is 12.1 Å². The second-order valence-corrected chi connectivity index (χ2v) is 8.05. The van der Waals surface area contributed by atoms with Crippen LogP contribution in [-0.4, -0.2) is 48.1 Å². The number of hydrogen-bond acceptors (Lipinski definition) is 4. The van der Waals surface area contributed by atoms with E-state index in [2.05, 4.69) is 25.5 Å². The zero-order chi connectivity index (χ0) is 20.8. The summed E-state index contributed by atoms with van der Waals surface area (Å²) in [6, 6.07) is 10.9. The van der Waals surface area contributed by atoms with Crippen molar-refractivity contribution in [2.24, 2.45) is 4.99 Å². The maximum atomic E-state index is 13.0. The third-order valence-corrected chi connectivity index (χ3v) is 5.92. The Labute approximate surface area is 200 Å². The number of ether oxygens (including phenoxy) is 1. The lowest BCUT2D eigenvalue weighted by atomic mass is 10.2. The molecule has 6 nitrogen and oxygen atoms in total. The average molecular weight is 539 g/mol. The lowest BCUT2D eigenvalue weighted by molar-refractivity contribution is 0.242. The minimum absolute atomic E-state index is 0. The highest BCUT2D eigenvalue weighted by Gasteiger charge is 2.30. The van der Waals surface area contributed by atoms with Crippen LogP contribution in [0, 0.1) is 5.82 Å². The van der Waals surface area contributed by atoms with Crippen molar-refractivity contribution in [2.45, 2.75) is 50.7 Å². The van der Waals surface area contributed by atoms with Crippen LogP contribution in [0.2, 0.25) is 0 Å². The number of hydrogen-bond donors (Lipinski definition) is 2. The van der Waals surface area contributed by atoms with Crippen molar-refractivity contribution >= 4 is 29.9 Å². The number of nitrogens with one attached hydrogen (secondary N) is 2. The molecule has 168 valence electrons. The molecule has 2 aromatic rings. The lowest BCUT2D eigenvalue weighted by Gasteiger charge is -2.24. The zero-order valence-electron chi connectivity index (χ0n) is 17.9. The molecule has 2 aliphatic rings. The standard InChI is InChI=1S/C23H30FN5O.HI/c1-25-23(28-19-11-13-29(16-19)20-4-2-3-5-20)27-15-17-10-12-26-22(14-17)30-21-8-6-18(24)7-9-21;/h6-10,12,14,19-20H,2-5,11,13,15-16H2,1H3,(H2,25,27,28);1H. The van der Waals surface area contributed by atoms with Crippen LogP contribution in [-0.2, 0) is 6.54 Å². The van der Waals surface area contributed by atoms with Crippen molar-refractivity contribution < 1.29 is 9.13 Å². The Morgan fingerprint density at radius 1 is 1.19 bits per heavy atom. The van der Waals surface area contributed by atoms with E-state index in [1.165, 1.54) is 44.4 Å². The second kappa shape index (κ2) is 11.6. The average Bonchev–Trinajstić information content (AvgIpc) is 3.45. The Morgan fingerprint density at radius 3 is 2.71 bits per heavy atom. The summed E-state index contributed by atoms with van der Waals surface area (Å²) < 4.78 is 18.8. The van der Waals surface area contributed by atoms with Crippen LogP contribution in [0.1, 0.15) is 37.7 Å². The van der Waals surface area contributed by atoms with Gasteiger partial charge < -0.3 is 15.4 Å². The minimum atomic E-state index is -0.291. The minimum Gasteiger partial charge on any atom is -0.439 e. The van der Waals surface area contributed by atoms with Gasteiger partial charge in [0.1, 0.15) is 11.6 Å². The van der Waals surface area contributed by atoms with Crippen LogP contribution in [0.15, 0.2) is 47.6 Å². The number of pyridine rings is 1. The zero-order valence-corrected chi connectivity index (χ0v) is 20.2. The second-order valence-electron chi connectivity index (χ2n) is 8.05. The summed E-state index contributed by atoms with van der Waals surface area (Å²) in [7, 11) is 1.80. The van der Waals surface area contributed by atoms with Crippen LogP contribution in [0.5, 0.6) is 11.6 Å². The Kier molecular flexibility index (Phi) is 8.89. The topological polar surface area (TPSA) is 61.8 Å². The molecule has 0 amide bonds. The van der Waals surface area contributed by atoms with E-state index in [-0.39, 0.29) is 29.8 Å². The highest BCUT2D eigenvalue weighted by atomic mass is 127. The molecule has 2 heterocycles. The Morgan fingerprint density at radius 2 is 1.97 bits per heavy atom. The van der Waals surface area contributed by atoms with Crippen molar-refractivity contribution in [3.8, 4) is 11.6 Å². The molecule has 1 aromatic carbocycles. The smallest absolute Gasteiger partial charge is 0.219 e. The SMILES string of the molecule is CN=C(NCc1ccnc(Oc2ccc(F)cc2)c1)NC1CCN(C2CCCC2)C1.I. The maximum absolute atomic E-state index is 13.0. The summed E-state index contributed by atoms with van der Waals surface area (Å²) in [5, 5.41) is 6.95. The third kappa shape index (κ3) is 6.77. The van der Waals surface area contributed by atoms with Crippen molar-refractivity contribution in [3.05, 3.63) is 54.0 Å². The first-order valence-corrected chi connectivity index (χ1v) is 10.8.